The molecule has 0 bridgehead atoms. The minimum atomic E-state index is -0.420. The molecule has 7 heteroatoms. The first kappa shape index (κ1) is 22.6. The third-order valence-corrected chi connectivity index (χ3v) is 6.45. The molecule has 0 aliphatic rings. The van der Waals surface area contributed by atoms with Gasteiger partial charge in [0.1, 0.15) is 11.3 Å². The first-order valence-corrected chi connectivity index (χ1v) is 11.5. The summed E-state index contributed by atoms with van der Waals surface area (Å²) in [6.45, 7) is 1.88. The highest BCUT2D eigenvalue weighted by molar-refractivity contribution is 7.98. The first-order valence-electron chi connectivity index (χ1n) is 10.6. The molecule has 2 heterocycles. The van der Waals surface area contributed by atoms with Gasteiger partial charge in [-0.05, 0) is 66.9 Å². The van der Waals surface area contributed by atoms with Crippen molar-refractivity contribution in [2.24, 2.45) is 0 Å². The van der Waals surface area contributed by atoms with Gasteiger partial charge in [-0.1, -0.05) is 6.07 Å². The van der Waals surface area contributed by atoms with E-state index in [0.717, 1.165) is 32.8 Å². The monoisotopic (exact) mass is 460 g/mol. The van der Waals surface area contributed by atoms with E-state index in [0.29, 0.717) is 23.3 Å². The van der Waals surface area contributed by atoms with Gasteiger partial charge in [0, 0.05) is 52.2 Å². The number of rotatable bonds is 8. The van der Waals surface area contributed by atoms with Crippen LogP contribution in [0.5, 0.6) is 5.75 Å². The average Bonchev–Trinajstić information content (AvgIpc) is 2.83. The fourth-order valence-electron chi connectivity index (χ4n) is 3.54. The molecule has 0 saturated carbocycles. The number of nitrogens with zero attached hydrogens (tertiary/aromatic N) is 1. The van der Waals surface area contributed by atoms with Crippen LogP contribution in [0.25, 0.3) is 11.0 Å². The van der Waals surface area contributed by atoms with E-state index >= 15 is 0 Å². The Bertz CT molecular complexity index is 1320. The number of thioether (sulfide) groups is 1. The van der Waals surface area contributed by atoms with E-state index in [9.17, 15) is 9.59 Å². The maximum absolute atomic E-state index is 12.5. The van der Waals surface area contributed by atoms with Crippen molar-refractivity contribution in [3.8, 4) is 5.75 Å². The van der Waals surface area contributed by atoms with E-state index in [1.54, 1.807) is 31.1 Å². The number of aryl methyl sites for hydroxylation is 1. The Balaban J connectivity index is 1.35. The van der Waals surface area contributed by atoms with Crippen LogP contribution in [-0.4, -0.2) is 18.0 Å². The number of carbonyl (C=O) groups excluding carboxylic acids is 1. The summed E-state index contributed by atoms with van der Waals surface area (Å²) >= 11 is 1.71. The zero-order valence-electron chi connectivity index (χ0n) is 18.5. The number of hydrogen-bond donors (Lipinski definition) is 1. The molecule has 4 rings (SSSR count). The molecule has 0 radical (unpaired) electrons. The van der Waals surface area contributed by atoms with Crippen molar-refractivity contribution in [3.05, 3.63) is 94.1 Å². The highest BCUT2D eigenvalue weighted by atomic mass is 32.2. The molecule has 0 saturated heterocycles. The number of anilines is 1. The molecule has 6 nitrogen and oxygen atoms in total. The van der Waals surface area contributed by atoms with E-state index in [-0.39, 0.29) is 12.3 Å². The number of carbonyl (C=O) groups is 1. The van der Waals surface area contributed by atoms with Crippen LogP contribution < -0.4 is 15.7 Å². The number of pyridine rings is 1. The molecule has 0 aliphatic carbocycles. The van der Waals surface area contributed by atoms with E-state index in [4.69, 9.17) is 9.15 Å². The predicted octanol–water partition coefficient (Wildman–Crippen LogP) is 5.37. The SMILES string of the molecule is COc1ccc2c(C)c(CCC(=O)Nc3ccc(SCc4cccnc4)cc3)c(=O)oc2c1. The van der Waals surface area contributed by atoms with Crippen molar-refractivity contribution in [2.75, 3.05) is 12.4 Å². The molecule has 0 aliphatic heterocycles. The van der Waals surface area contributed by atoms with Gasteiger partial charge < -0.3 is 14.5 Å². The number of aromatic nitrogens is 1. The van der Waals surface area contributed by atoms with Crippen molar-refractivity contribution in [1.82, 2.24) is 4.98 Å². The van der Waals surface area contributed by atoms with Gasteiger partial charge >= 0.3 is 5.63 Å². The second-order valence-electron chi connectivity index (χ2n) is 7.58. The Morgan fingerprint density at radius 2 is 1.97 bits per heavy atom. The quantitative estimate of drug-likeness (QED) is 0.281. The molecule has 2 aromatic heterocycles. The molecule has 2 aromatic carbocycles. The summed E-state index contributed by atoms with van der Waals surface area (Å²) in [5, 5.41) is 3.74. The van der Waals surface area contributed by atoms with Crippen molar-refractivity contribution < 1.29 is 13.9 Å². The van der Waals surface area contributed by atoms with Gasteiger partial charge in [-0.15, -0.1) is 11.8 Å². The fraction of sp³-hybridized carbons (Fsp3) is 0.192. The van der Waals surface area contributed by atoms with E-state index in [1.165, 1.54) is 0 Å². The van der Waals surface area contributed by atoms with E-state index in [1.807, 2.05) is 61.7 Å². The Kier molecular flexibility index (Phi) is 7.10. The van der Waals surface area contributed by atoms with Crippen molar-refractivity contribution in [3.63, 3.8) is 0 Å². The normalized spacial score (nSPS) is 10.8. The number of methoxy groups -OCH3 is 1. The summed E-state index contributed by atoms with van der Waals surface area (Å²) in [4.78, 5) is 30.2. The Morgan fingerprint density at radius 3 is 2.70 bits per heavy atom. The summed E-state index contributed by atoms with van der Waals surface area (Å²) < 4.78 is 10.7. The maximum Gasteiger partial charge on any atom is 0.339 e. The van der Waals surface area contributed by atoms with Crippen LogP contribution in [0.2, 0.25) is 0 Å². The molecule has 0 unspecified atom stereocenters. The molecular formula is C26H24N2O4S. The Hall–Kier alpha value is -3.58. The van der Waals surface area contributed by atoms with Crippen molar-refractivity contribution in [1.29, 1.82) is 0 Å². The predicted molar refractivity (Wildman–Crippen MR) is 131 cm³/mol. The van der Waals surface area contributed by atoms with Gasteiger partial charge in [0.05, 0.1) is 7.11 Å². The molecule has 0 fully saturated rings. The molecule has 168 valence electrons. The van der Waals surface area contributed by atoms with Crippen LogP contribution in [-0.2, 0) is 17.0 Å². The molecule has 1 N–H and O–H groups in total. The second kappa shape index (κ2) is 10.4. The van der Waals surface area contributed by atoms with Crippen LogP contribution >= 0.6 is 11.8 Å². The smallest absolute Gasteiger partial charge is 0.339 e. The standard InChI is InChI=1S/C26H24N2O4S/c1-17-22-10-7-20(31-2)14-24(22)32-26(30)23(17)11-12-25(29)28-19-5-8-21(9-6-19)33-16-18-4-3-13-27-15-18/h3-10,13-15H,11-12,16H2,1-2H3,(H,28,29). The molecule has 33 heavy (non-hydrogen) atoms. The summed E-state index contributed by atoms with van der Waals surface area (Å²) in [5.74, 6) is 1.30. The van der Waals surface area contributed by atoms with Crippen LogP contribution in [0, 0.1) is 6.92 Å². The molecular weight excluding hydrogens is 436 g/mol. The van der Waals surface area contributed by atoms with Crippen LogP contribution in [0.4, 0.5) is 5.69 Å². The molecule has 1 amide bonds. The van der Waals surface area contributed by atoms with Gasteiger partial charge in [0.25, 0.3) is 0 Å². The van der Waals surface area contributed by atoms with Gasteiger partial charge in [-0.3, -0.25) is 9.78 Å². The van der Waals surface area contributed by atoms with Crippen LogP contribution in [0.15, 0.2) is 81.1 Å². The number of benzene rings is 2. The lowest BCUT2D eigenvalue weighted by Gasteiger charge is -2.10. The number of hydrogen-bond acceptors (Lipinski definition) is 6. The minimum Gasteiger partial charge on any atom is -0.497 e. The Morgan fingerprint density at radius 1 is 1.15 bits per heavy atom. The zero-order valence-corrected chi connectivity index (χ0v) is 19.3. The van der Waals surface area contributed by atoms with Crippen molar-refractivity contribution in [2.45, 2.75) is 30.4 Å². The lowest BCUT2D eigenvalue weighted by atomic mass is 10.0. The first-order chi connectivity index (χ1) is 16.0. The van der Waals surface area contributed by atoms with Gasteiger partial charge in [0.15, 0.2) is 0 Å². The number of amides is 1. The van der Waals surface area contributed by atoms with Crippen LogP contribution in [0.3, 0.4) is 0 Å². The highest BCUT2D eigenvalue weighted by Gasteiger charge is 2.14. The van der Waals surface area contributed by atoms with E-state index in [2.05, 4.69) is 10.3 Å². The van der Waals surface area contributed by atoms with E-state index < -0.39 is 5.63 Å². The third-order valence-electron chi connectivity index (χ3n) is 5.36. The van der Waals surface area contributed by atoms with Gasteiger partial charge in [0.2, 0.25) is 5.91 Å². The topological polar surface area (TPSA) is 81.4 Å². The summed E-state index contributed by atoms with van der Waals surface area (Å²) in [6.07, 6.45) is 4.11. The average molecular weight is 461 g/mol. The molecule has 0 atom stereocenters. The second-order valence-corrected chi connectivity index (χ2v) is 8.63. The summed E-state index contributed by atoms with van der Waals surface area (Å²) in [6, 6.07) is 17.1. The highest BCUT2D eigenvalue weighted by Crippen LogP contribution is 2.25. The number of nitrogens with one attached hydrogen (secondary N) is 1. The lowest BCUT2D eigenvalue weighted by molar-refractivity contribution is -0.116. The van der Waals surface area contributed by atoms with Crippen molar-refractivity contribution >= 4 is 34.3 Å². The number of fused-ring (bicyclic) bond motifs is 1. The maximum atomic E-state index is 12.5. The number of ether oxygens (including phenoxy) is 1. The third kappa shape index (κ3) is 5.62. The minimum absolute atomic E-state index is 0.153. The molecule has 0 spiro atoms. The van der Waals surface area contributed by atoms with Crippen LogP contribution in [0.1, 0.15) is 23.1 Å². The Labute approximate surface area is 196 Å². The van der Waals surface area contributed by atoms with Gasteiger partial charge in [-0.2, -0.15) is 0 Å². The van der Waals surface area contributed by atoms with Gasteiger partial charge in [-0.25, -0.2) is 4.79 Å². The summed E-state index contributed by atoms with van der Waals surface area (Å²) in [7, 11) is 1.56. The summed E-state index contributed by atoms with van der Waals surface area (Å²) in [5.41, 5.74) is 3.28. The largest absolute Gasteiger partial charge is 0.497 e. The zero-order chi connectivity index (χ0) is 23.2. The lowest BCUT2D eigenvalue weighted by Crippen LogP contribution is -2.16. The fourth-order valence-corrected chi connectivity index (χ4v) is 4.37. The molecule has 4 aromatic rings.